The first kappa shape index (κ1) is 22.6. The monoisotopic (exact) mass is 516 g/mol. The van der Waals surface area contributed by atoms with Crippen molar-refractivity contribution in [1.82, 2.24) is 0 Å². The summed E-state index contributed by atoms with van der Waals surface area (Å²) in [5.41, 5.74) is 8.04. The number of fused-ring (bicyclic) bond motifs is 7. The van der Waals surface area contributed by atoms with E-state index in [-0.39, 0.29) is 0 Å². The van der Waals surface area contributed by atoms with Crippen LogP contribution in [0.3, 0.4) is 0 Å². The van der Waals surface area contributed by atoms with Crippen LogP contribution < -0.4 is 0 Å². The maximum atomic E-state index is 2.50. The molecule has 0 aromatic heterocycles. The molecule has 39 heavy (non-hydrogen) atoms. The minimum Gasteiger partial charge on any atom is -0.192 e. The first-order valence-electron chi connectivity index (χ1n) is 13.5. The van der Waals surface area contributed by atoms with Gasteiger partial charge in [-0.1, -0.05) is 121 Å². The van der Waals surface area contributed by atoms with Crippen LogP contribution in [0.5, 0.6) is 0 Å². The quantitative estimate of drug-likeness (QED) is 0.200. The SMILES string of the molecule is CS1(C)c2cc3ccccc3cc2-c2ccc3c(-c4ccccc4)c4ccccc4c(-c4ccccc4)c3c21. The maximum absolute atomic E-state index is 2.50. The topological polar surface area (TPSA) is 0 Å². The van der Waals surface area contributed by atoms with Gasteiger partial charge in [-0.3, -0.25) is 0 Å². The van der Waals surface area contributed by atoms with E-state index in [1.54, 1.807) is 0 Å². The number of rotatable bonds is 2. The van der Waals surface area contributed by atoms with E-state index in [1.807, 2.05) is 0 Å². The molecule has 0 fully saturated rings. The van der Waals surface area contributed by atoms with E-state index in [1.165, 1.54) is 75.5 Å². The number of hydrogen-bond donors (Lipinski definition) is 0. The molecule has 0 bridgehead atoms. The van der Waals surface area contributed by atoms with Crippen molar-refractivity contribution >= 4 is 42.3 Å². The number of hydrogen-bond acceptors (Lipinski definition) is 0. The first-order chi connectivity index (χ1) is 19.1. The Morgan fingerprint density at radius 3 is 1.64 bits per heavy atom. The molecule has 7 aromatic rings. The molecule has 0 saturated heterocycles. The van der Waals surface area contributed by atoms with Crippen molar-refractivity contribution in [1.29, 1.82) is 0 Å². The summed E-state index contributed by atoms with van der Waals surface area (Å²) in [6.07, 6.45) is 5.00. The zero-order valence-corrected chi connectivity index (χ0v) is 22.9. The molecular weight excluding hydrogens is 488 g/mol. The van der Waals surface area contributed by atoms with E-state index in [0.717, 1.165) is 0 Å². The molecule has 0 atom stereocenters. The Kier molecular flexibility index (Phi) is 4.84. The van der Waals surface area contributed by atoms with Gasteiger partial charge in [0, 0.05) is 15.2 Å². The fraction of sp³-hybridized carbons (Fsp3) is 0.0526. The van der Waals surface area contributed by atoms with Crippen LogP contribution in [0.25, 0.3) is 65.7 Å². The number of benzene rings is 7. The highest BCUT2D eigenvalue weighted by molar-refractivity contribution is 8.33. The van der Waals surface area contributed by atoms with E-state index in [0.29, 0.717) is 0 Å². The van der Waals surface area contributed by atoms with Crippen molar-refractivity contribution < 1.29 is 0 Å². The Hall–Kier alpha value is -4.33. The van der Waals surface area contributed by atoms with Gasteiger partial charge in [0.25, 0.3) is 0 Å². The zero-order valence-electron chi connectivity index (χ0n) is 22.1. The molecule has 186 valence electrons. The minimum atomic E-state index is -1.28. The molecule has 1 aliphatic rings. The van der Waals surface area contributed by atoms with Crippen LogP contribution >= 0.6 is 10.0 Å². The standard InChI is InChI=1S/C38H28S/c1-39(2)34-24-28-18-10-9-17-27(28)23-33(34)31-21-22-32-35(25-13-5-3-6-14-25)29-19-11-12-20-30(29)36(37(32)38(31)39)26-15-7-4-8-16-26/h3-24H,1-2H3. The van der Waals surface area contributed by atoms with E-state index < -0.39 is 10.0 Å². The summed E-state index contributed by atoms with van der Waals surface area (Å²) in [5.74, 6) is 0. The summed E-state index contributed by atoms with van der Waals surface area (Å²) in [7, 11) is -1.28. The van der Waals surface area contributed by atoms with Gasteiger partial charge >= 0.3 is 0 Å². The normalized spacial score (nSPS) is 14.4. The summed E-state index contributed by atoms with van der Waals surface area (Å²) in [5, 5.41) is 8.02. The highest BCUT2D eigenvalue weighted by Crippen LogP contribution is 2.70. The molecule has 0 amide bonds. The Labute approximate surface area is 230 Å². The average molecular weight is 517 g/mol. The van der Waals surface area contributed by atoms with Crippen LogP contribution in [-0.4, -0.2) is 12.5 Å². The summed E-state index contributed by atoms with van der Waals surface area (Å²) < 4.78 is 0. The average Bonchev–Trinajstić information content (AvgIpc) is 3.21. The van der Waals surface area contributed by atoms with Gasteiger partial charge in [-0.15, -0.1) is 0 Å². The molecule has 0 radical (unpaired) electrons. The summed E-state index contributed by atoms with van der Waals surface area (Å²) in [6, 6.07) is 49.5. The Morgan fingerprint density at radius 1 is 0.436 bits per heavy atom. The molecule has 0 spiro atoms. The molecular formula is C38H28S. The lowest BCUT2D eigenvalue weighted by atomic mass is 9.84. The predicted molar refractivity (Wildman–Crippen MR) is 171 cm³/mol. The second kappa shape index (κ2) is 8.33. The maximum Gasteiger partial charge on any atom is 0.0101 e. The van der Waals surface area contributed by atoms with Crippen LogP contribution in [0.4, 0.5) is 0 Å². The van der Waals surface area contributed by atoms with Gasteiger partial charge in [0.1, 0.15) is 0 Å². The van der Waals surface area contributed by atoms with Gasteiger partial charge < -0.3 is 0 Å². The van der Waals surface area contributed by atoms with E-state index in [4.69, 9.17) is 0 Å². The van der Waals surface area contributed by atoms with Crippen LogP contribution in [-0.2, 0) is 0 Å². The predicted octanol–water partition coefficient (Wildman–Crippen LogP) is 10.9. The lowest BCUT2D eigenvalue weighted by Gasteiger charge is -2.31. The van der Waals surface area contributed by atoms with Gasteiger partial charge in [-0.2, -0.15) is 10.0 Å². The Bertz CT molecular complexity index is 2070. The van der Waals surface area contributed by atoms with Gasteiger partial charge in [0.2, 0.25) is 0 Å². The summed E-state index contributed by atoms with van der Waals surface area (Å²) in [4.78, 5) is 3.02. The van der Waals surface area contributed by atoms with Gasteiger partial charge in [-0.25, -0.2) is 0 Å². The largest absolute Gasteiger partial charge is 0.192 e. The molecule has 0 aliphatic carbocycles. The lowest BCUT2D eigenvalue weighted by Crippen LogP contribution is -1.98. The van der Waals surface area contributed by atoms with Gasteiger partial charge in [0.15, 0.2) is 0 Å². The van der Waals surface area contributed by atoms with Crippen molar-refractivity contribution in [3.05, 3.63) is 133 Å². The van der Waals surface area contributed by atoms with Crippen LogP contribution in [0.15, 0.2) is 143 Å². The summed E-state index contributed by atoms with van der Waals surface area (Å²) >= 11 is 0. The fourth-order valence-electron chi connectivity index (χ4n) is 6.76. The van der Waals surface area contributed by atoms with Gasteiger partial charge in [0.05, 0.1) is 0 Å². The van der Waals surface area contributed by atoms with Crippen LogP contribution in [0.2, 0.25) is 0 Å². The molecule has 1 heterocycles. The van der Waals surface area contributed by atoms with Gasteiger partial charge in [-0.05, 0) is 85.0 Å². The van der Waals surface area contributed by atoms with E-state index in [2.05, 4.69) is 146 Å². The second-order valence-electron chi connectivity index (χ2n) is 10.9. The lowest BCUT2D eigenvalue weighted by molar-refractivity contribution is 1.50. The molecule has 0 saturated carbocycles. The summed E-state index contributed by atoms with van der Waals surface area (Å²) in [6.45, 7) is 0. The highest BCUT2D eigenvalue weighted by Gasteiger charge is 2.35. The van der Waals surface area contributed by atoms with Crippen molar-refractivity contribution in [3.63, 3.8) is 0 Å². The molecule has 0 N–H and O–H groups in total. The van der Waals surface area contributed by atoms with Crippen molar-refractivity contribution in [2.45, 2.75) is 9.79 Å². The molecule has 7 aromatic carbocycles. The zero-order chi connectivity index (χ0) is 26.1. The Morgan fingerprint density at radius 2 is 0.974 bits per heavy atom. The molecule has 8 rings (SSSR count). The van der Waals surface area contributed by atoms with Crippen molar-refractivity contribution in [3.8, 4) is 33.4 Å². The fourth-order valence-corrected chi connectivity index (χ4v) is 9.57. The first-order valence-corrected chi connectivity index (χ1v) is 16.0. The molecule has 0 nitrogen and oxygen atoms in total. The smallest absolute Gasteiger partial charge is 0.0101 e. The highest BCUT2D eigenvalue weighted by atomic mass is 32.3. The van der Waals surface area contributed by atoms with E-state index in [9.17, 15) is 0 Å². The molecule has 1 heteroatoms. The van der Waals surface area contributed by atoms with Crippen molar-refractivity contribution in [2.75, 3.05) is 12.5 Å². The van der Waals surface area contributed by atoms with Crippen LogP contribution in [0, 0.1) is 0 Å². The molecule has 1 aliphatic heterocycles. The minimum absolute atomic E-state index is 1.27. The van der Waals surface area contributed by atoms with E-state index >= 15 is 0 Å². The Balaban J connectivity index is 1.61. The third-order valence-corrected chi connectivity index (χ3v) is 11.3. The third-order valence-electron chi connectivity index (χ3n) is 8.47. The third kappa shape index (κ3) is 3.20. The second-order valence-corrected chi connectivity index (χ2v) is 14.4. The van der Waals surface area contributed by atoms with Crippen LogP contribution in [0.1, 0.15) is 0 Å². The molecule has 0 unspecified atom stereocenters. The van der Waals surface area contributed by atoms with Crippen molar-refractivity contribution in [2.24, 2.45) is 0 Å².